The number of carbonyl (C=O) groups is 1. The summed E-state index contributed by atoms with van der Waals surface area (Å²) in [5, 5.41) is 11.2. The molecule has 2 fully saturated rings. The van der Waals surface area contributed by atoms with Crippen LogP contribution in [0, 0.1) is 0 Å². The highest BCUT2D eigenvalue weighted by Crippen LogP contribution is 2.26. The number of amides is 1. The Hall–Kier alpha value is -1.43. The largest absolute Gasteiger partial charge is 0.379 e. The lowest BCUT2D eigenvalue weighted by Crippen LogP contribution is -2.60. The lowest BCUT2D eigenvalue weighted by Gasteiger charge is -2.43. The van der Waals surface area contributed by atoms with Crippen LogP contribution in [-0.4, -0.2) is 76.6 Å². The first kappa shape index (κ1) is 21.3. The fourth-order valence-corrected chi connectivity index (χ4v) is 4.40. The van der Waals surface area contributed by atoms with Gasteiger partial charge in [0, 0.05) is 51.9 Å². The van der Waals surface area contributed by atoms with Crippen LogP contribution in [0.5, 0.6) is 0 Å². The Labute approximate surface area is 170 Å². The number of β-amino-alcohol motifs (C(OH)–C–C–N with tert-alkyl or cyclic N) is 1. The summed E-state index contributed by atoms with van der Waals surface area (Å²) in [7, 11) is 0. The summed E-state index contributed by atoms with van der Waals surface area (Å²) in [5.41, 5.74) is 1.20. The van der Waals surface area contributed by atoms with Gasteiger partial charge in [-0.1, -0.05) is 38.1 Å². The predicted molar refractivity (Wildman–Crippen MR) is 113 cm³/mol. The highest BCUT2D eigenvalue weighted by molar-refractivity contribution is 5.86. The molecule has 0 bridgehead atoms. The minimum atomic E-state index is -1.24. The molecule has 0 unspecified atom stereocenters. The van der Waals surface area contributed by atoms with Gasteiger partial charge in [0.25, 0.3) is 5.91 Å². The number of hydrogen-bond donors (Lipinski definition) is 1. The van der Waals surface area contributed by atoms with Gasteiger partial charge in [-0.15, -0.1) is 0 Å². The lowest BCUT2D eigenvalue weighted by molar-refractivity contribution is -0.160. The molecule has 0 aliphatic carbocycles. The summed E-state index contributed by atoms with van der Waals surface area (Å²) in [6.45, 7) is 14.4. The van der Waals surface area contributed by atoms with Crippen molar-refractivity contribution in [1.29, 1.82) is 0 Å². The van der Waals surface area contributed by atoms with E-state index in [1.165, 1.54) is 5.56 Å². The molecule has 2 heterocycles. The van der Waals surface area contributed by atoms with Crippen LogP contribution in [0.25, 0.3) is 0 Å². The Bertz CT molecular complexity index is 650. The van der Waals surface area contributed by atoms with E-state index in [4.69, 9.17) is 0 Å². The molecule has 2 saturated heterocycles. The van der Waals surface area contributed by atoms with Crippen molar-refractivity contribution in [1.82, 2.24) is 14.7 Å². The van der Waals surface area contributed by atoms with Crippen LogP contribution >= 0.6 is 0 Å². The molecule has 1 N–H and O–H groups in total. The Morgan fingerprint density at radius 3 is 2.21 bits per heavy atom. The van der Waals surface area contributed by atoms with Crippen LogP contribution in [-0.2, 0) is 11.3 Å². The number of likely N-dealkylation sites (tertiary alicyclic amines) is 1. The molecule has 0 spiro atoms. The monoisotopic (exact) mass is 387 g/mol. The van der Waals surface area contributed by atoms with Gasteiger partial charge in [-0.05, 0) is 43.7 Å². The molecule has 2 aliphatic rings. The first-order chi connectivity index (χ1) is 13.3. The van der Waals surface area contributed by atoms with Crippen molar-refractivity contribution < 1.29 is 9.90 Å². The number of benzene rings is 1. The van der Waals surface area contributed by atoms with Gasteiger partial charge >= 0.3 is 0 Å². The van der Waals surface area contributed by atoms with E-state index in [0.717, 1.165) is 44.7 Å². The van der Waals surface area contributed by atoms with Crippen LogP contribution in [0.15, 0.2) is 24.3 Å². The molecule has 1 atom stereocenters. The normalized spacial score (nSPS) is 25.1. The molecule has 28 heavy (non-hydrogen) atoms. The summed E-state index contributed by atoms with van der Waals surface area (Å²) >= 11 is 0. The second kappa shape index (κ2) is 8.93. The summed E-state index contributed by atoms with van der Waals surface area (Å²) in [4.78, 5) is 19.7. The first-order valence-corrected chi connectivity index (χ1v) is 10.9. The third kappa shape index (κ3) is 4.94. The summed E-state index contributed by atoms with van der Waals surface area (Å²) in [6, 6.07) is 9.08. The number of nitrogens with zero attached hydrogens (tertiary/aromatic N) is 3. The van der Waals surface area contributed by atoms with Crippen LogP contribution in [0.3, 0.4) is 0 Å². The first-order valence-electron chi connectivity index (χ1n) is 10.9. The van der Waals surface area contributed by atoms with Crippen molar-refractivity contribution in [3.8, 4) is 0 Å². The van der Waals surface area contributed by atoms with Gasteiger partial charge in [0.05, 0.1) is 0 Å². The van der Waals surface area contributed by atoms with Crippen molar-refractivity contribution in [3.05, 3.63) is 35.4 Å². The summed E-state index contributed by atoms with van der Waals surface area (Å²) in [5.74, 6) is 0.407. The van der Waals surface area contributed by atoms with E-state index < -0.39 is 5.60 Å². The number of aliphatic hydroxyl groups is 1. The van der Waals surface area contributed by atoms with E-state index in [1.54, 1.807) is 0 Å². The van der Waals surface area contributed by atoms with Crippen LogP contribution in [0.4, 0.5) is 0 Å². The van der Waals surface area contributed by atoms with Gasteiger partial charge in [-0.2, -0.15) is 0 Å². The molecule has 2 aliphatic heterocycles. The number of piperazine rings is 1. The number of piperidine rings is 1. The number of carbonyl (C=O) groups excluding carboxylic acids is 1. The molecule has 0 saturated carbocycles. The van der Waals surface area contributed by atoms with Crippen molar-refractivity contribution in [2.45, 2.75) is 64.6 Å². The Morgan fingerprint density at radius 1 is 1.00 bits per heavy atom. The second-order valence-corrected chi connectivity index (χ2v) is 9.16. The fraction of sp³-hybridized carbons (Fsp3) is 0.696. The Kier molecular flexibility index (Phi) is 6.79. The highest BCUT2D eigenvalue weighted by atomic mass is 16.3. The third-order valence-corrected chi connectivity index (χ3v) is 6.35. The fourth-order valence-electron chi connectivity index (χ4n) is 4.40. The van der Waals surface area contributed by atoms with Crippen LogP contribution in [0.1, 0.15) is 57.6 Å². The van der Waals surface area contributed by atoms with Crippen molar-refractivity contribution in [3.63, 3.8) is 0 Å². The third-order valence-electron chi connectivity index (χ3n) is 6.35. The van der Waals surface area contributed by atoms with Gasteiger partial charge in [0.2, 0.25) is 0 Å². The average molecular weight is 388 g/mol. The smallest absolute Gasteiger partial charge is 0.256 e. The molecule has 0 radical (unpaired) electrons. The maximum Gasteiger partial charge on any atom is 0.256 e. The standard InChI is InChI=1S/C23H37N3O2/c1-18(2)21-8-6-20(7-9-21)16-26-11-5-10-23(28,22(26)27)17-24-12-14-25(15-13-24)19(3)4/h6-9,18-19,28H,5,10-17H2,1-4H3/t23-/m0/s1. The van der Waals surface area contributed by atoms with E-state index in [2.05, 4.69) is 61.8 Å². The van der Waals surface area contributed by atoms with Crippen molar-refractivity contribution in [2.24, 2.45) is 0 Å². The zero-order chi connectivity index (χ0) is 20.3. The minimum Gasteiger partial charge on any atom is -0.379 e. The molecular formula is C23H37N3O2. The molecule has 156 valence electrons. The second-order valence-electron chi connectivity index (χ2n) is 9.16. The maximum absolute atomic E-state index is 13.1. The van der Waals surface area contributed by atoms with Gasteiger partial charge < -0.3 is 10.0 Å². The highest BCUT2D eigenvalue weighted by Gasteiger charge is 2.43. The molecule has 1 aromatic carbocycles. The number of hydrogen-bond acceptors (Lipinski definition) is 4. The topological polar surface area (TPSA) is 47.0 Å². The van der Waals surface area contributed by atoms with Gasteiger partial charge in [0.15, 0.2) is 5.60 Å². The Morgan fingerprint density at radius 2 is 1.64 bits per heavy atom. The zero-order valence-corrected chi connectivity index (χ0v) is 18.0. The Balaban J connectivity index is 1.59. The molecule has 5 heteroatoms. The SMILES string of the molecule is CC(C)c1ccc(CN2CCC[C@](O)(CN3CCN(C(C)C)CC3)C2=O)cc1. The van der Waals surface area contributed by atoms with E-state index in [1.807, 2.05) is 4.90 Å². The lowest BCUT2D eigenvalue weighted by atomic mass is 9.90. The molecular weight excluding hydrogens is 350 g/mol. The molecule has 3 rings (SSSR count). The van der Waals surface area contributed by atoms with Crippen LogP contribution in [0.2, 0.25) is 0 Å². The van der Waals surface area contributed by atoms with Crippen molar-refractivity contribution >= 4 is 5.91 Å². The number of rotatable bonds is 6. The summed E-state index contributed by atoms with van der Waals surface area (Å²) < 4.78 is 0. The van der Waals surface area contributed by atoms with Gasteiger partial charge in [0.1, 0.15) is 0 Å². The van der Waals surface area contributed by atoms with Gasteiger partial charge in [-0.3, -0.25) is 14.6 Å². The molecule has 5 nitrogen and oxygen atoms in total. The van der Waals surface area contributed by atoms with Crippen molar-refractivity contribution in [2.75, 3.05) is 39.3 Å². The van der Waals surface area contributed by atoms with Crippen LogP contribution < -0.4 is 0 Å². The minimum absolute atomic E-state index is 0.0991. The van der Waals surface area contributed by atoms with Gasteiger partial charge in [-0.25, -0.2) is 0 Å². The average Bonchev–Trinajstić information content (AvgIpc) is 2.66. The molecule has 0 aromatic heterocycles. The zero-order valence-electron chi connectivity index (χ0n) is 18.0. The van der Waals surface area contributed by atoms with E-state index in [0.29, 0.717) is 31.5 Å². The summed E-state index contributed by atoms with van der Waals surface area (Å²) in [6.07, 6.45) is 1.43. The van der Waals surface area contributed by atoms with E-state index in [9.17, 15) is 9.90 Å². The van der Waals surface area contributed by atoms with E-state index in [-0.39, 0.29) is 5.91 Å². The van der Waals surface area contributed by atoms with E-state index >= 15 is 0 Å². The molecule has 1 aromatic rings. The molecule has 1 amide bonds. The quantitative estimate of drug-likeness (QED) is 0.815. The predicted octanol–water partition coefficient (Wildman–Crippen LogP) is 2.69. The maximum atomic E-state index is 13.1.